The molecule has 0 aromatic heterocycles. The summed E-state index contributed by atoms with van der Waals surface area (Å²) >= 11 is 5.77. The van der Waals surface area contributed by atoms with Crippen LogP contribution in [0.15, 0.2) is 17.0 Å². The summed E-state index contributed by atoms with van der Waals surface area (Å²) in [4.78, 5) is 21.0. The first kappa shape index (κ1) is 17.2. The number of primary sulfonamides is 1. The quantitative estimate of drug-likeness (QED) is 0.542. The molecule has 0 heterocycles. The summed E-state index contributed by atoms with van der Waals surface area (Å²) in [6.45, 7) is 0.192. The molecule has 5 N–H and O–H groups in total. The van der Waals surface area contributed by atoms with Crippen LogP contribution in [0.1, 0.15) is 23.2 Å². The monoisotopic (exact) mass is 336 g/mol. The van der Waals surface area contributed by atoms with Crippen LogP contribution in [0, 0.1) is 0 Å². The summed E-state index contributed by atoms with van der Waals surface area (Å²) < 4.78 is 22.6. The van der Waals surface area contributed by atoms with E-state index in [1.54, 1.807) is 0 Å². The molecule has 0 bridgehead atoms. The fourth-order valence-corrected chi connectivity index (χ4v) is 2.66. The highest BCUT2D eigenvalue weighted by molar-refractivity contribution is 7.89. The van der Waals surface area contributed by atoms with E-state index in [0.717, 1.165) is 12.1 Å². The molecule has 0 aliphatic heterocycles. The second kappa shape index (κ2) is 6.74. The van der Waals surface area contributed by atoms with Crippen LogP contribution in [-0.2, 0) is 14.8 Å². The molecule has 0 aliphatic carbocycles. The number of carboxylic acids is 2. The molecule has 0 saturated carbocycles. The summed E-state index contributed by atoms with van der Waals surface area (Å²) in [5, 5.41) is 25.0. The number of aromatic carboxylic acids is 1. The lowest BCUT2D eigenvalue weighted by molar-refractivity contribution is -0.137. The van der Waals surface area contributed by atoms with Gasteiger partial charge < -0.3 is 15.5 Å². The molecule has 0 saturated heterocycles. The zero-order valence-electron chi connectivity index (χ0n) is 10.7. The van der Waals surface area contributed by atoms with Crippen LogP contribution in [0.4, 0.5) is 5.69 Å². The molecular formula is C11H13ClN2O6S. The van der Waals surface area contributed by atoms with Gasteiger partial charge in [-0.25, -0.2) is 18.4 Å². The summed E-state index contributed by atoms with van der Waals surface area (Å²) in [6.07, 6.45) is 0.182. The third-order valence-electron chi connectivity index (χ3n) is 2.49. The number of halogens is 1. The predicted molar refractivity (Wildman–Crippen MR) is 75.1 cm³/mol. The van der Waals surface area contributed by atoms with Crippen LogP contribution in [0.5, 0.6) is 0 Å². The van der Waals surface area contributed by atoms with E-state index in [1.165, 1.54) is 0 Å². The average molecular weight is 337 g/mol. The molecule has 0 unspecified atom stereocenters. The first-order chi connectivity index (χ1) is 9.62. The summed E-state index contributed by atoms with van der Waals surface area (Å²) in [7, 11) is -4.14. The van der Waals surface area contributed by atoms with Gasteiger partial charge in [-0.1, -0.05) is 11.6 Å². The average Bonchev–Trinajstić information content (AvgIpc) is 2.32. The first-order valence-electron chi connectivity index (χ1n) is 5.68. The second-order valence-corrected chi connectivity index (χ2v) is 6.04. The molecule has 0 radical (unpaired) electrons. The van der Waals surface area contributed by atoms with Crippen LogP contribution < -0.4 is 10.5 Å². The molecule has 1 aromatic rings. The number of hydrogen-bond donors (Lipinski definition) is 4. The van der Waals surface area contributed by atoms with Crippen molar-refractivity contribution in [3.63, 3.8) is 0 Å². The number of benzene rings is 1. The number of nitrogens with two attached hydrogens (primary N) is 1. The van der Waals surface area contributed by atoms with Crippen LogP contribution in [0.3, 0.4) is 0 Å². The third kappa shape index (κ3) is 4.88. The molecular weight excluding hydrogens is 324 g/mol. The fraction of sp³-hybridized carbons (Fsp3) is 0.273. The number of nitrogens with one attached hydrogen (secondary N) is 1. The van der Waals surface area contributed by atoms with Crippen molar-refractivity contribution < 1.29 is 28.2 Å². The van der Waals surface area contributed by atoms with E-state index >= 15 is 0 Å². The molecule has 21 heavy (non-hydrogen) atoms. The first-order valence-corrected chi connectivity index (χ1v) is 7.60. The van der Waals surface area contributed by atoms with Crippen LogP contribution >= 0.6 is 11.6 Å². The van der Waals surface area contributed by atoms with Crippen molar-refractivity contribution in [3.8, 4) is 0 Å². The summed E-state index contributed by atoms with van der Waals surface area (Å²) in [6, 6.07) is 1.99. The zero-order valence-corrected chi connectivity index (χ0v) is 12.2. The third-order valence-corrected chi connectivity index (χ3v) is 3.87. The largest absolute Gasteiger partial charge is 0.481 e. The molecule has 8 nitrogen and oxygen atoms in total. The molecule has 10 heteroatoms. The lowest BCUT2D eigenvalue weighted by Gasteiger charge is -2.12. The Morgan fingerprint density at radius 2 is 1.90 bits per heavy atom. The van der Waals surface area contributed by atoms with Gasteiger partial charge in [0.2, 0.25) is 10.0 Å². The van der Waals surface area contributed by atoms with Gasteiger partial charge in [0.15, 0.2) is 0 Å². The lowest BCUT2D eigenvalue weighted by atomic mass is 10.1. The van der Waals surface area contributed by atoms with Crippen molar-refractivity contribution in [2.45, 2.75) is 17.7 Å². The molecule has 0 amide bonds. The van der Waals surface area contributed by atoms with Crippen molar-refractivity contribution in [3.05, 3.63) is 22.7 Å². The maximum Gasteiger partial charge on any atom is 0.337 e. The van der Waals surface area contributed by atoms with Crippen LogP contribution in [0.25, 0.3) is 0 Å². The number of aliphatic carboxylic acids is 1. The van der Waals surface area contributed by atoms with E-state index < -0.39 is 26.9 Å². The Bertz CT molecular complexity index is 674. The minimum absolute atomic E-state index is 0.0849. The number of rotatable bonds is 7. The van der Waals surface area contributed by atoms with Gasteiger partial charge in [-0.3, -0.25) is 4.79 Å². The summed E-state index contributed by atoms with van der Waals surface area (Å²) in [5.41, 5.74) is -0.232. The van der Waals surface area contributed by atoms with Gasteiger partial charge in [0, 0.05) is 13.0 Å². The minimum atomic E-state index is -4.14. The summed E-state index contributed by atoms with van der Waals surface area (Å²) in [5.74, 6) is -2.34. The molecule has 1 rings (SSSR count). The van der Waals surface area contributed by atoms with Crippen molar-refractivity contribution in [2.75, 3.05) is 11.9 Å². The molecule has 0 spiro atoms. The van der Waals surface area contributed by atoms with Crippen molar-refractivity contribution in [2.24, 2.45) is 5.14 Å². The van der Waals surface area contributed by atoms with E-state index in [1.807, 2.05) is 0 Å². The van der Waals surface area contributed by atoms with Gasteiger partial charge in [-0.05, 0) is 18.6 Å². The standard InChI is InChI=1S/C11H13ClN2O6S/c12-7-5-8(14-3-1-2-10(15)16)6(11(17)18)4-9(7)21(13,19)20/h4-5,14H,1-3H2,(H,15,16)(H,17,18)(H2,13,19,20). The van der Waals surface area contributed by atoms with E-state index in [4.69, 9.17) is 27.0 Å². The van der Waals surface area contributed by atoms with Crippen LogP contribution in [-0.4, -0.2) is 37.1 Å². The zero-order chi connectivity index (χ0) is 16.2. The number of carboxylic acid groups (broad SMARTS) is 2. The molecule has 0 atom stereocenters. The number of sulfonamides is 1. The maximum absolute atomic E-state index is 11.3. The second-order valence-electron chi connectivity index (χ2n) is 4.10. The Morgan fingerprint density at radius 1 is 1.29 bits per heavy atom. The number of carbonyl (C=O) groups is 2. The highest BCUT2D eigenvalue weighted by atomic mass is 35.5. The smallest absolute Gasteiger partial charge is 0.337 e. The van der Waals surface area contributed by atoms with Gasteiger partial charge >= 0.3 is 11.9 Å². The maximum atomic E-state index is 11.3. The minimum Gasteiger partial charge on any atom is -0.481 e. The van der Waals surface area contributed by atoms with E-state index in [2.05, 4.69) is 5.32 Å². The van der Waals surface area contributed by atoms with E-state index in [0.29, 0.717) is 0 Å². The Hall–Kier alpha value is -1.84. The molecule has 0 aliphatic rings. The van der Waals surface area contributed by atoms with Gasteiger partial charge in [-0.15, -0.1) is 0 Å². The van der Waals surface area contributed by atoms with E-state index in [9.17, 15) is 18.0 Å². The van der Waals surface area contributed by atoms with Crippen molar-refractivity contribution in [1.29, 1.82) is 0 Å². The van der Waals surface area contributed by atoms with Gasteiger partial charge in [-0.2, -0.15) is 0 Å². The van der Waals surface area contributed by atoms with Crippen LogP contribution in [0.2, 0.25) is 5.02 Å². The van der Waals surface area contributed by atoms with E-state index in [-0.39, 0.29) is 35.7 Å². The van der Waals surface area contributed by atoms with Crippen molar-refractivity contribution >= 4 is 39.3 Å². The SMILES string of the molecule is NS(=O)(=O)c1cc(C(=O)O)c(NCCCC(=O)O)cc1Cl. The van der Waals surface area contributed by atoms with Gasteiger partial charge in [0.1, 0.15) is 4.90 Å². The van der Waals surface area contributed by atoms with Gasteiger partial charge in [0.25, 0.3) is 0 Å². The molecule has 116 valence electrons. The molecule has 1 aromatic carbocycles. The lowest BCUT2D eigenvalue weighted by Crippen LogP contribution is -2.15. The van der Waals surface area contributed by atoms with Gasteiger partial charge in [0.05, 0.1) is 16.3 Å². The Labute approximate surface area is 125 Å². The number of anilines is 1. The highest BCUT2D eigenvalue weighted by Gasteiger charge is 2.20. The Balaban J connectivity index is 3.07. The topological polar surface area (TPSA) is 147 Å². The highest BCUT2D eigenvalue weighted by Crippen LogP contribution is 2.28. The molecule has 0 fully saturated rings. The Morgan fingerprint density at radius 3 is 2.38 bits per heavy atom. The number of hydrogen-bond acceptors (Lipinski definition) is 5. The fourth-order valence-electron chi connectivity index (χ4n) is 1.56. The Kier molecular flexibility index (Phi) is 5.53. The normalized spacial score (nSPS) is 11.1. The predicted octanol–water partition coefficient (Wildman–Crippen LogP) is 0.962. The van der Waals surface area contributed by atoms with Crippen molar-refractivity contribution in [1.82, 2.24) is 0 Å².